The van der Waals surface area contributed by atoms with Gasteiger partial charge in [-0.1, -0.05) is 18.2 Å². The first-order valence-corrected chi connectivity index (χ1v) is 8.31. The van der Waals surface area contributed by atoms with Gasteiger partial charge in [0, 0.05) is 31.3 Å². The highest BCUT2D eigenvalue weighted by Gasteiger charge is 2.25. The van der Waals surface area contributed by atoms with E-state index < -0.39 is 5.97 Å². The minimum atomic E-state index is -0.950. The van der Waals surface area contributed by atoms with Gasteiger partial charge in [-0.2, -0.15) is 0 Å². The highest BCUT2D eigenvalue weighted by atomic mass is 16.4. The van der Waals surface area contributed by atoms with Gasteiger partial charge in [0.05, 0.1) is 5.56 Å². The van der Waals surface area contributed by atoms with Crippen molar-refractivity contribution in [2.75, 3.05) is 13.1 Å². The fourth-order valence-electron chi connectivity index (χ4n) is 3.24. The van der Waals surface area contributed by atoms with Crippen LogP contribution in [0.15, 0.2) is 53.5 Å². The van der Waals surface area contributed by atoms with Crippen LogP contribution in [0.3, 0.4) is 0 Å². The highest BCUT2D eigenvalue weighted by Crippen LogP contribution is 2.27. The van der Waals surface area contributed by atoms with Crippen LogP contribution in [0.2, 0.25) is 0 Å². The minimum absolute atomic E-state index is 0.0293. The number of carboxylic acids is 1. The fourth-order valence-corrected chi connectivity index (χ4v) is 3.24. The summed E-state index contributed by atoms with van der Waals surface area (Å²) < 4.78 is 1.40. The SMILES string of the molecule is O=C(O)c1cccc([C@@H]2CCCN(C(=O)Cn3ccccc3=O)C2)c1. The maximum absolute atomic E-state index is 12.5. The molecule has 130 valence electrons. The van der Waals surface area contributed by atoms with E-state index in [9.17, 15) is 14.4 Å². The van der Waals surface area contributed by atoms with Gasteiger partial charge < -0.3 is 14.6 Å². The van der Waals surface area contributed by atoms with Crippen LogP contribution in [0, 0.1) is 0 Å². The highest BCUT2D eigenvalue weighted by molar-refractivity contribution is 5.87. The molecule has 0 saturated carbocycles. The average Bonchev–Trinajstić information content (AvgIpc) is 2.64. The van der Waals surface area contributed by atoms with Gasteiger partial charge in [0.1, 0.15) is 6.54 Å². The van der Waals surface area contributed by atoms with Crippen LogP contribution in [0.25, 0.3) is 0 Å². The van der Waals surface area contributed by atoms with Crippen molar-refractivity contribution in [3.05, 3.63) is 70.1 Å². The van der Waals surface area contributed by atoms with Crippen molar-refractivity contribution in [3.63, 3.8) is 0 Å². The summed E-state index contributed by atoms with van der Waals surface area (Å²) in [5.74, 6) is -0.925. The van der Waals surface area contributed by atoms with Crippen molar-refractivity contribution in [2.45, 2.75) is 25.3 Å². The quantitative estimate of drug-likeness (QED) is 0.923. The molecular weight excluding hydrogens is 320 g/mol. The molecule has 0 radical (unpaired) electrons. The van der Waals surface area contributed by atoms with Gasteiger partial charge in [-0.3, -0.25) is 9.59 Å². The number of likely N-dealkylation sites (tertiary alicyclic amines) is 1. The third-order valence-electron chi connectivity index (χ3n) is 4.58. The molecule has 2 heterocycles. The molecule has 1 atom stereocenters. The number of aromatic nitrogens is 1. The summed E-state index contributed by atoms with van der Waals surface area (Å²) in [4.78, 5) is 37.2. The molecule has 1 aromatic heterocycles. The number of carboxylic acid groups (broad SMARTS) is 1. The molecule has 0 aliphatic carbocycles. The fraction of sp³-hybridized carbons (Fsp3) is 0.316. The summed E-state index contributed by atoms with van der Waals surface area (Å²) in [6.07, 6.45) is 3.38. The van der Waals surface area contributed by atoms with Crippen molar-refractivity contribution < 1.29 is 14.7 Å². The van der Waals surface area contributed by atoms with Gasteiger partial charge in [-0.15, -0.1) is 0 Å². The molecule has 2 aromatic rings. The van der Waals surface area contributed by atoms with Crippen molar-refractivity contribution >= 4 is 11.9 Å². The molecular formula is C19H20N2O4. The Bertz CT molecular complexity index is 843. The number of hydrogen-bond acceptors (Lipinski definition) is 3. The lowest BCUT2D eigenvalue weighted by Gasteiger charge is -2.33. The summed E-state index contributed by atoms with van der Waals surface area (Å²) >= 11 is 0. The van der Waals surface area contributed by atoms with Gasteiger partial charge >= 0.3 is 5.97 Å². The predicted octanol–water partition coefficient (Wildman–Crippen LogP) is 1.95. The first-order valence-electron chi connectivity index (χ1n) is 8.31. The summed E-state index contributed by atoms with van der Waals surface area (Å²) in [6.45, 7) is 1.24. The third kappa shape index (κ3) is 3.96. The number of benzene rings is 1. The van der Waals surface area contributed by atoms with Crippen LogP contribution in [-0.4, -0.2) is 39.5 Å². The Kier molecular flexibility index (Phi) is 4.97. The second-order valence-corrected chi connectivity index (χ2v) is 6.28. The molecule has 6 heteroatoms. The number of nitrogens with zero attached hydrogens (tertiary/aromatic N) is 2. The smallest absolute Gasteiger partial charge is 0.335 e. The van der Waals surface area contributed by atoms with Gasteiger partial charge in [-0.25, -0.2) is 4.79 Å². The van der Waals surface area contributed by atoms with E-state index in [1.54, 1.807) is 41.4 Å². The maximum Gasteiger partial charge on any atom is 0.335 e. The number of carbonyl (C=O) groups excluding carboxylic acids is 1. The van der Waals surface area contributed by atoms with E-state index in [0.29, 0.717) is 13.1 Å². The van der Waals surface area contributed by atoms with Gasteiger partial charge in [0.25, 0.3) is 5.56 Å². The summed E-state index contributed by atoms with van der Waals surface area (Å²) in [5, 5.41) is 9.14. The second-order valence-electron chi connectivity index (χ2n) is 6.28. The van der Waals surface area contributed by atoms with Gasteiger partial charge in [0.15, 0.2) is 0 Å². The lowest BCUT2D eigenvalue weighted by molar-refractivity contribution is -0.133. The zero-order chi connectivity index (χ0) is 17.8. The van der Waals surface area contributed by atoms with Crippen molar-refractivity contribution in [1.82, 2.24) is 9.47 Å². The van der Waals surface area contributed by atoms with Crippen LogP contribution in [0.1, 0.15) is 34.7 Å². The Labute approximate surface area is 145 Å². The number of carbonyl (C=O) groups is 2. The number of pyridine rings is 1. The molecule has 1 aromatic carbocycles. The van der Waals surface area contributed by atoms with Gasteiger partial charge in [-0.05, 0) is 36.6 Å². The van der Waals surface area contributed by atoms with E-state index >= 15 is 0 Å². The Morgan fingerprint density at radius 1 is 1.16 bits per heavy atom. The number of aromatic carboxylic acids is 1. The van der Waals surface area contributed by atoms with Gasteiger partial charge in [0.2, 0.25) is 5.91 Å². The lowest BCUT2D eigenvalue weighted by atomic mass is 9.89. The molecule has 1 fully saturated rings. The number of hydrogen-bond donors (Lipinski definition) is 1. The molecule has 1 N–H and O–H groups in total. The Morgan fingerprint density at radius 2 is 2.00 bits per heavy atom. The zero-order valence-corrected chi connectivity index (χ0v) is 13.8. The number of rotatable bonds is 4. The molecule has 1 saturated heterocycles. The van der Waals surface area contributed by atoms with Crippen molar-refractivity contribution in [1.29, 1.82) is 0 Å². The number of piperidine rings is 1. The third-order valence-corrected chi connectivity index (χ3v) is 4.58. The van der Waals surface area contributed by atoms with E-state index in [0.717, 1.165) is 18.4 Å². The molecule has 0 spiro atoms. The molecule has 0 unspecified atom stereocenters. The minimum Gasteiger partial charge on any atom is -0.478 e. The largest absolute Gasteiger partial charge is 0.478 e. The second kappa shape index (κ2) is 7.34. The molecule has 6 nitrogen and oxygen atoms in total. The van der Waals surface area contributed by atoms with E-state index in [2.05, 4.69) is 0 Å². The van der Waals surface area contributed by atoms with E-state index in [1.165, 1.54) is 10.6 Å². The molecule has 1 aliphatic rings. The first kappa shape index (κ1) is 17.0. The summed E-state index contributed by atoms with van der Waals surface area (Å²) in [7, 11) is 0. The Hall–Kier alpha value is -2.89. The maximum atomic E-state index is 12.5. The zero-order valence-electron chi connectivity index (χ0n) is 13.8. The monoisotopic (exact) mass is 340 g/mol. The van der Waals surface area contributed by atoms with Crippen LogP contribution < -0.4 is 5.56 Å². The Balaban J connectivity index is 1.71. The van der Waals surface area contributed by atoms with E-state index in [1.807, 2.05) is 6.07 Å². The Morgan fingerprint density at radius 3 is 2.76 bits per heavy atom. The van der Waals surface area contributed by atoms with Crippen LogP contribution in [-0.2, 0) is 11.3 Å². The van der Waals surface area contributed by atoms with Crippen LogP contribution >= 0.6 is 0 Å². The molecule has 1 aliphatic heterocycles. The molecule has 25 heavy (non-hydrogen) atoms. The lowest BCUT2D eigenvalue weighted by Crippen LogP contribution is -2.42. The average molecular weight is 340 g/mol. The van der Waals surface area contributed by atoms with Crippen LogP contribution in [0.4, 0.5) is 0 Å². The summed E-state index contributed by atoms with van der Waals surface area (Å²) in [6, 6.07) is 11.7. The summed E-state index contributed by atoms with van der Waals surface area (Å²) in [5.41, 5.74) is 1.00. The number of amides is 1. The van der Waals surface area contributed by atoms with E-state index in [-0.39, 0.29) is 29.5 Å². The topological polar surface area (TPSA) is 79.6 Å². The van der Waals surface area contributed by atoms with Crippen molar-refractivity contribution in [2.24, 2.45) is 0 Å². The molecule has 0 bridgehead atoms. The molecule has 3 rings (SSSR count). The standard InChI is InChI=1S/C19H20N2O4/c22-17-8-1-2-9-21(17)13-18(23)20-10-4-7-16(12-20)14-5-3-6-15(11-14)19(24)25/h1-3,5-6,8-9,11,16H,4,7,10,12-13H2,(H,24,25)/t16-/m1/s1. The predicted molar refractivity (Wildman–Crippen MR) is 92.7 cm³/mol. The van der Waals surface area contributed by atoms with E-state index in [4.69, 9.17) is 5.11 Å². The first-order chi connectivity index (χ1) is 12.0. The normalized spacial score (nSPS) is 17.3. The van der Waals surface area contributed by atoms with Crippen molar-refractivity contribution in [3.8, 4) is 0 Å². The molecule has 1 amide bonds. The van der Waals surface area contributed by atoms with Crippen LogP contribution in [0.5, 0.6) is 0 Å².